The Hall–Kier alpha value is -6.62. The molecule has 0 spiro atoms. The Kier molecular flexibility index (Phi) is 11.6. The fraction of sp³-hybridized carbons (Fsp3) is 0.254. The Balaban J connectivity index is 0.00000689. The molecule has 0 unspecified atom stereocenters. The number of rotatable bonds is 11. The van der Waals surface area contributed by atoms with Crippen LogP contribution < -0.4 is 9.30 Å². The second-order valence-corrected chi connectivity index (χ2v) is 21.1. The Morgan fingerprint density at radius 1 is 0.600 bits per heavy atom. The molecule has 70 heavy (non-hydrogen) atoms. The summed E-state index contributed by atoms with van der Waals surface area (Å²) in [6, 6.07) is 44.8. The summed E-state index contributed by atoms with van der Waals surface area (Å²) < 4.78 is 56.3. The van der Waals surface area contributed by atoms with Crippen LogP contribution in [-0.4, -0.2) is 19.1 Å². The summed E-state index contributed by atoms with van der Waals surface area (Å²) in [7, 11) is 0. The van der Waals surface area contributed by atoms with E-state index in [4.69, 9.17) is 21.6 Å². The van der Waals surface area contributed by atoms with E-state index in [-0.39, 0.29) is 67.0 Å². The molecule has 0 bridgehead atoms. The van der Waals surface area contributed by atoms with Crippen molar-refractivity contribution in [3.63, 3.8) is 0 Å². The Bertz CT molecular complexity index is 3740. The largest absolute Gasteiger partial charge is 0.522 e. The first-order valence-corrected chi connectivity index (χ1v) is 23.9. The number of aryl methyl sites for hydroxylation is 1. The number of hydrogen-bond acceptors (Lipinski definition) is 3. The zero-order valence-electron chi connectivity index (χ0n) is 46.4. The van der Waals surface area contributed by atoms with Crippen LogP contribution in [0.2, 0.25) is 0 Å². The normalized spacial score (nSPS) is 13.2. The summed E-state index contributed by atoms with van der Waals surface area (Å²) in [5.74, 6) is 2.36. The van der Waals surface area contributed by atoms with Crippen LogP contribution in [0.5, 0.6) is 11.5 Å². The number of para-hydroxylation sites is 3. The van der Waals surface area contributed by atoms with Gasteiger partial charge in [0.05, 0.1) is 30.2 Å². The number of hydrogen-bond donors (Lipinski definition) is 0. The summed E-state index contributed by atoms with van der Waals surface area (Å²) >= 11 is 0. The van der Waals surface area contributed by atoms with Crippen molar-refractivity contribution in [1.82, 2.24) is 19.1 Å². The molecule has 10 rings (SSSR count). The Morgan fingerprint density at radius 3 is 1.99 bits per heavy atom. The van der Waals surface area contributed by atoms with E-state index in [2.05, 4.69) is 163 Å². The monoisotopic (exact) mass is 1100 g/mol. The Labute approximate surface area is 435 Å². The van der Waals surface area contributed by atoms with Crippen LogP contribution in [0.3, 0.4) is 0 Å². The first-order valence-electron chi connectivity index (χ1n) is 26.4. The third-order valence-corrected chi connectivity index (χ3v) is 13.1. The molecule has 6 nitrogen and oxygen atoms in total. The van der Waals surface area contributed by atoms with Gasteiger partial charge in [0, 0.05) is 38.5 Å². The number of imidazole rings is 1. The third kappa shape index (κ3) is 9.76. The van der Waals surface area contributed by atoms with Crippen molar-refractivity contribution in [2.24, 2.45) is 0 Å². The average Bonchev–Trinajstić information content (AvgIpc) is 3.91. The smallest absolute Gasteiger partial charge is 0.244 e. The van der Waals surface area contributed by atoms with E-state index in [9.17, 15) is 0 Å². The SMILES string of the molecule is [2H]c1c([2H])c([2H])c(-c2cccc(-c3cc(C(C)(C)C)cc(C(C)(C)C)c3)c2CCCC[n+]2[c-]n(-c3[c-]c(Oc4[c-]c5c(cc4)c4ccccc4n5-c4cc(C(C)(C)C)ccn4)ccn3)c3ccccc32)c([2H])c1[2H].[Pt]. The summed E-state index contributed by atoms with van der Waals surface area (Å²) in [5.41, 5.74) is 11.0. The molecule has 0 aliphatic rings. The van der Waals surface area contributed by atoms with Gasteiger partial charge in [-0.3, -0.25) is 0 Å². The minimum Gasteiger partial charge on any atom is -0.522 e. The van der Waals surface area contributed by atoms with Gasteiger partial charge in [-0.25, -0.2) is 4.98 Å². The third-order valence-electron chi connectivity index (χ3n) is 13.1. The fourth-order valence-electron chi connectivity index (χ4n) is 9.24. The van der Waals surface area contributed by atoms with E-state index >= 15 is 0 Å². The van der Waals surface area contributed by atoms with Gasteiger partial charge in [0.15, 0.2) is 0 Å². The van der Waals surface area contributed by atoms with Crippen molar-refractivity contribution >= 4 is 32.8 Å². The van der Waals surface area contributed by atoms with E-state index < -0.39 is 6.04 Å². The molecule has 4 aromatic heterocycles. The summed E-state index contributed by atoms with van der Waals surface area (Å²) in [6.07, 6.45) is 9.30. The molecule has 0 aliphatic heterocycles. The second-order valence-electron chi connectivity index (χ2n) is 21.1. The topological polar surface area (TPSA) is 48.8 Å². The number of nitrogens with zero attached hydrogens (tertiary/aromatic N) is 5. The summed E-state index contributed by atoms with van der Waals surface area (Å²) in [4.78, 5) is 9.58. The van der Waals surface area contributed by atoms with Crippen LogP contribution in [0.25, 0.3) is 66.7 Å². The van der Waals surface area contributed by atoms with Gasteiger partial charge in [0.2, 0.25) is 6.33 Å². The molecular formula is C63H61N5OPt-2. The van der Waals surface area contributed by atoms with Crippen molar-refractivity contribution in [3.8, 4) is 45.4 Å². The van der Waals surface area contributed by atoms with Crippen molar-refractivity contribution < 1.29 is 37.2 Å². The summed E-state index contributed by atoms with van der Waals surface area (Å²) in [6.45, 7) is 20.6. The maximum atomic E-state index is 9.03. The number of ether oxygens (including phenoxy) is 1. The van der Waals surface area contributed by atoms with Crippen molar-refractivity contribution in [3.05, 3.63) is 199 Å². The molecule has 0 fully saturated rings. The van der Waals surface area contributed by atoms with Gasteiger partial charge in [-0.1, -0.05) is 183 Å². The first kappa shape index (κ1) is 42.3. The molecule has 0 saturated carbocycles. The molecule has 4 heterocycles. The van der Waals surface area contributed by atoms with E-state index in [0.29, 0.717) is 35.8 Å². The van der Waals surface area contributed by atoms with Gasteiger partial charge < -0.3 is 23.4 Å². The standard InChI is InChI=1S/C63H61N5O.Pt/c1-61(2,3)45-31-33-65-60(39-45)68-55-26-14-13-23-53(55)54-30-29-48(40-58(54)68)69-49-32-34-64-59(41-49)67-42-66(56-27-15-16-28-57(56)67)35-18-17-22-52-50(43-20-11-10-12-21-43)24-19-25-51(52)44-36-46(62(4,5)6)38-47(37-44)63(7,8)9;/h10-16,19-21,23-34,36-39H,17-18,22,35H2,1-9H3;/q-2;/i10D,11D,12D,20D,21D;. The predicted molar refractivity (Wildman–Crippen MR) is 283 cm³/mol. The molecule has 356 valence electrons. The molecule has 0 aliphatic carbocycles. The van der Waals surface area contributed by atoms with Gasteiger partial charge in [-0.2, -0.15) is 18.2 Å². The van der Waals surface area contributed by atoms with E-state index in [0.717, 1.165) is 68.2 Å². The van der Waals surface area contributed by atoms with E-state index in [1.807, 2.05) is 47.2 Å². The molecule has 0 saturated heterocycles. The molecule has 0 amide bonds. The maximum absolute atomic E-state index is 9.03. The van der Waals surface area contributed by atoms with Crippen LogP contribution in [0.4, 0.5) is 0 Å². The number of aromatic nitrogens is 5. The zero-order chi connectivity index (χ0) is 52.4. The van der Waals surface area contributed by atoms with Crippen molar-refractivity contribution in [1.29, 1.82) is 0 Å². The first-order chi connectivity index (χ1) is 35.2. The number of unbranched alkanes of at least 4 members (excludes halogenated alkanes) is 1. The molecular weight excluding hydrogens is 1040 g/mol. The minimum atomic E-state index is -0.402. The molecule has 0 N–H and O–H groups in total. The molecule has 7 heteroatoms. The average molecular weight is 1100 g/mol. The van der Waals surface area contributed by atoms with Gasteiger partial charge in [-0.15, -0.1) is 17.5 Å². The summed E-state index contributed by atoms with van der Waals surface area (Å²) in [5, 5.41) is 2.15. The van der Waals surface area contributed by atoms with Gasteiger partial charge >= 0.3 is 0 Å². The predicted octanol–water partition coefficient (Wildman–Crippen LogP) is 15.2. The number of fused-ring (bicyclic) bond motifs is 4. The molecule has 6 aromatic carbocycles. The van der Waals surface area contributed by atoms with Crippen LogP contribution in [0.1, 0.15) is 104 Å². The molecule has 0 radical (unpaired) electrons. The fourth-order valence-corrected chi connectivity index (χ4v) is 9.24. The minimum absolute atomic E-state index is 0. The van der Waals surface area contributed by atoms with Gasteiger partial charge in [0.1, 0.15) is 5.82 Å². The molecule has 0 atom stereocenters. The van der Waals surface area contributed by atoms with Crippen LogP contribution in [0.15, 0.2) is 158 Å². The van der Waals surface area contributed by atoms with Crippen LogP contribution >= 0.6 is 0 Å². The Morgan fingerprint density at radius 2 is 1.26 bits per heavy atom. The maximum Gasteiger partial charge on any atom is 0.244 e. The van der Waals surface area contributed by atoms with Crippen molar-refractivity contribution in [2.75, 3.05) is 0 Å². The van der Waals surface area contributed by atoms with Gasteiger partial charge in [0.25, 0.3) is 0 Å². The zero-order valence-corrected chi connectivity index (χ0v) is 43.7. The van der Waals surface area contributed by atoms with E-state index in [1.54, 1.807) is 12.3 Å². The van der Waals surface area contributed by atoms with E-state index in [1.165, 1.54) is 16.7 Å². The van der Waals surface area contributed by atoms with Crippen LogP contribution in [-0.2, 0) is 50.3 Å². The number of pyridine rings is 2. The van der Waals surface area contributed by atoms with Crippen LogP contribution in [0, 0.1) is 18.5 Å². The van der Waals surface area contributed by atoms with Crippen molar-refractivity contribution in [2.45, 2.75) is 104 Å². The molecule has 10 aromatic rings. The number of benzene rings is 6. The second kappa shape index (κ2) is 19.3. The van der Waals surface area contributed by atoms with Gasteiger partial charge in [-0.05, 0) is 109 Å². The quantitative estimate of drug-likeness (QED) is 0.0737.